The lowest BCUT2D eigenvalue weighted by molar-refractivity contribution is -0.130. The predicted molar refractivity (Wildman–Crippen MR) is 91.4 cm³/mol. The van der Waals surface area contributed by atoms with E-state index in [-0.39, 0.29) is 24.8 Å². The fraction of sp³-hybridized carbons (Fsp3) is 0.333. The Hall–Kier alpha value is -3.00. The predicted octanol–water partition coefficient (Wildman–Crippen LogP) is 1.23. The number of aliphatic hydroxyl groups is 1. The van der Waals surface area contributed by atoms with Crippen molar-refractivity contribution in [1.29, 1.82) is 0 Å². The molecule has 1 saturated heterocycles. The van der Waals surface area contributed by atoms with E-state index in [1.54, 1.807) is 22.7 Å². The van der Waals surface area contributed by atoms with Crippen molar-refractivity contribution in [2.24, 2.45) is 0 Å². The zero-order valence-corrected chi connectivity index (χ0v) is 14.4. The van der Waals surface area contributed by atoms with Crippen LogP contribution in [0.4, 0.5) is 0 Å². The van der Waals surface area contributed by atoms with E-state index in [1.807, 2.05) is 36.5 Å². The molecular weight excluding hydrogens is 334 g/mol. The molecule has 3 heterocycles. The Bertz CT molecular complexity index is 920. The van der Waals surface area contributed by atoms with E-state index in [0.717, 1.165) is 11.3 Å². The maximum atomic E-state index is 12.6. The Kier molecular flexibility index (Phi) is 4.04. The van der Waals surface area contributed by atoms with Crippen molar-refractivity contribution in [3.8, 4) is 5.69 Å². The molecule has 1 fully saturated rings. The summed E-state index contributed by atoms with van der Waals surface area (Å²) in [6, 6.07) is 9.71. The van der Waals surface area contributed by atoms with Crippen molar-refractivity contribution in [2.45, 2.75) is 25.4 Å². The minimum absolute atomic E-state index is 0.0650. The number of amides is 1. The van der Waals surface area contributed by atoms with Gasteiger partial charge in [-0.05, 0) is 24.6 Å². The second-order valence-electron chi connectivity index (χ2n) is 6.55. The molecule has 0 bridgehead atoms. The molecule has 3 aromatic rings. The first-order valence-electron chi connectivity index (χ1n) is 8.43. The average Bonchev–Trinajstić information content (AvgIpc) is 3.36. The number of carbonyl (C=O) groups is 1. The summed E-state index contributed by atoms with van der Waals surface area (Å²) in [4.78, 5) is 18.3. The van der Waals surface area contributed by atoms with Crippen LogP contribution in [0.5, 0.6) is 0 Å². The van der Waals surface area contributed by atoms with E-state index < -0.39 is 5.60 Å². The van der Waals surface area contributed by atoms with Crippen molar-refractivity contribution < 1.29 is 14.4 Å². The van der Waals surface area contributed by atoms with Crippen LogP contribution in [0.2, 0.25) is 0 Å². The lowest BCUT2D eigenvalue weighted by Crippen LogP contribution is -2.35. The number of β-amino-alcohol motifs (C(OH)–C–C–N with tert-alkyl or cyclic N) is 1. The van der Waals surface area contributed by atoms with Gasteiger partial charge in [-0.25, -0.2) is 4.68 Å². The first-order chi connectivity index (χ1) is 12.5. The Morgan fingerprint density at radius 3 is 2.88 bits per heavy atom. The van der Waals surface area contributed by atoms with Gasteiger partial charge in [-0.2, -0.15) is 10.1 Å². The summed E-state index contributed by atoms with van der Waals surface area (Å²) in [5.74, 6) is 0.568. The molecule has 8 heteroatoms. The lowest BCUT2D eigenvalue weighted by atomic mass is 10.0. The highest BCUT2D eigenvalue weighted by Gasteiger charge is 2.43. The SMILES string of the molecule is Cc1noc(C2(O)CCN(C(=O)Cc3cnn(-c4ccccc4)c3)C2)n1. The molecule has 134 valence electrons. The highest BCUT2D eigenvalue weighted by molar-refractivity contribution is 5.79. The van der Waals surface area contributed by atoms with Crippen molar-refractivity contribution in [3.05, 3.63) is 60.0 Å². The maximum absolute atomic E-state index is 12.6. The van der Waals surface area contributed by atoms with Crippen molar-refractivity contribution in [3.63, 3.8) is 0 Å². The normalized spacial score (nSPS) is 19.8. The van der Waals surface area contributed by atoms with Crippen LogP contribution in [-0.2, 0) is 16.8 Å². The quantitative estimate of drug-likeness (QED) is 0.758. The molecular formula is C18H19N5O3. The third kappa shape index (κ3) is 3.11. The van der Waals surface area contributed by atoms with Gasteiger partial charge in [-0.3, -0.25) is 4.79 Å². The van der Waals surface area contributed by atoms with Crippen LogP contribution in [0, 0.1) is 6.92 Å². The number of hydrogen-bond acceptors (Lipinski definition) is 6. The van der Waals surface area contributed by atoms with E-state index in [1.165, 1.54) is 0 Å². The number of aromatic nitrogens is 4. The molecule has 0 radical (unpaired) electrons. The second kappa shape index (κ2) is 6.38. The van der Waals surface area contributed by atoms with E-state index in [0.29, 0.717) is 18.8 Å². The number of rotatable bonds is 4. The topological polar surface area (TPSA) is 97.3 Å². The van der Waals surface area contributed by atoms with Crippen LogP contribution < -0.4 is 0 Å². The number of likely N-dealkylation sites (tertiary alicyclic amines) is 1. The molecule has 1 amide bonds. The first-order valence-corrected chi connectivity index (χ1v) is 8.43. The molecule has 0 spiro atoms. The standard InChI is InChI=1S/C18H19N5O3/c1-13-20-17(26-21-13)18(25)7-8-22(12-18)16(24)9-14-10-19-23(11-14)15-5-3-2-4-6-15/h2-6,10-11,25H,7-9,12H2,1H3. The van der Waals surface area contributed by atoms with Gasteiger partial charge in [0.2, 0.25) is 5.91 Å². The largest absolute Gasteiger partial charge is 0.378 e. The number of hydrogen-bond donors (Lipinski definition) is 1. The fourth-order valence-corrected chi connectivity index (χ4v) is 3.13. The maximum Gasteiger partial charge on any atom is 0.260 e. The first kappa shape index (κ1) is 16.5. The van der Waals surface area contributed by atoms with Crippen LogP contribution in [0.15, 0.2) is 47.2 Å². The van der Waals surface area contributed by atoms with Gasteiger partial charge in [0.15, 0.2) is 11.4 Å². The number of aryl methyl sites for hydroxylation is 1. The number of nitrogens with zero attached hydrogens (tertiary/aromatic N) is 5. The van der Waals surface area contributed by atoms with Gasteiger partial charge in [0, 0.05) is 19.2 Å². The van der Waals surface area contributed by atoms with E-state index in [4.69, 9.17) is 4.52 Å². The molecule has 0 aliphatic carbocycles. The number of carbonyl (C=O) groups excluding carboxylic acids is 1. The molecule has 26 heavy (non-hydrogen) atoms. The van der Waals surface area contributed by atoms with Gasteiger partial charge < -0.3 is 14.5 Å². The Balaban J connectivity index is 1.42. The Morgan fingerprint density at radius 2 is 2.15 bits per heavy atom. The summed E-state index contributed by atoms with van der Waals surface area (Å²) in [5, 5.41) is 18.7. The molecule has 8 nitrogen and oxygen atoms in total. The summed E-state index contributed by atoms with van der Waals surface area (Å²) < 4.78 is 6.83. The van der Waals surface area contributed by atoms with Gasteiger partial charge in [0.25, 0.3) is 5.89 Å². The minimum Gasteiger partial charge on any atom is -0.378 e. The number of benzene rings is 1. The van der Waals surface area contributed by atoms with Gasteiger partial charge >= 0.3 is 0 Å². The van der Waals surface area contributed by atoms with Gasteiger partial charge in [-0.1, -0.05) is 23.4 Å². The van der Waals surface area contributed by atoms with Crippen LogP contribution in [-0.4, -0.2) is 48.9 Å². The van der Waals surface area contributed by atoms with Gasteiger partial charge in [0.05, 0.1) is 24.8 Å². The lowest BCUT2D eigenvalue weighted by Gasteiger charge is -2.19. The van der Waals surface area contributed by atoms with Crippen molar-refractivity contribution in [1.82, 2.24) is 24.8 Å². The van der Waals surface area contributed by atoms with E-state index in [2.05, 4.69) is 15.2 Å². The molecule has 1 atom stereocenters. The molecule has 0 saturated carbocycles. The summed E-state index contributed by atoms with van der Waals surface area (Å²) >= 11 is 0. The molecule has 1 unspecified atom stereocenters. The van der Waals surface area contributed by atoms with Crippen LogP contribution in [0.25, 0.3) is 5.69 Å². The second-order valence-corrected chi connectivity index (χ2v) is 6.55. The molecule has 1 aliphatic heterocycles. The number of para-hydroxylation sites is 1. The van der Waals surface area contributed by atoms with Crippen LogP contribution in [0.1, 0.15) is 23.7 Å². The van der Waals surface area contributed by atoms with Gasteiger partial charge in [-0.15, -0.1) is 0 Å². The Morgan fingerprint density at radius 1 is 1.35 bits per heavy atom. The summed E-state index contributed by atoms with van der Waals surface area (Å²) in [7, 11) is 0. The zero-order valence-electron chi connectivity index (χ0n) is 14.4. The molecule has 4 rings (SSSR count). The smallest absolute Gasteiger partial charge is 0.260 e. The molecule has 2 aromatic heterocycles. The average molecular weight is 353 g/mol. The summed E-state index contributed by atoms with van der Waals surface area (Å²) in [5.41, 5.74) is 0.488. The Labute approximate surface area is 150 Å². The summed E-state index contributed by atoms with van der Waals surface area (Å²) in [6.07, 6.45) is 4.14. The van der Waals surface area contributed by atoms with Gasteiger partial charge in [0.1, 0.15) is 0 Å². The molecule has 1 N–H and O–H groups in total. The van der Waals surface area contributed by atoms with E-state index in [9.17, 15) is 9.90 Å². The monoisotopic (exact) mass is 353 g/mol. The fourth-order valence-electron chi connectivity index (χ4n) is 3.13. The highest BCUT2D eigenvalue weighted by atomic mass is 16.5. The zero-order chi connectivity index (χ0) is 18.1. The highest BCUT2D eigenvalue weighted by Crippen LogP contribution is 2.31. The third-order valence-electron chi connectivity index (χ3n) is 4.54. The summed E-state index contributed by atoms with van der Waals surface area (Å²) in [6.45, 7) is 2.29. The minimum atomic E-state index is -1.27. The third-order valence-corrected chi connectivity index (χ3v) is 4.54. The van der Waals surface area contributed by atoms with Crippen molar-refractivity contribution in [2.75, 3.05) is 13.1 Å². The van der Waals surface area contributed by atoms with Crippen LogP contribution in [0.3, 0.4) is 0 Å². The van der Waals surface area contributed by atoms with E-state index >= 15 is 0 Å². The van der Waals surface area contributed by atoms with Crippen molar-refractivity contribution >= 4 is 5.91 Å². The van der Waals surface area contributed by atoms with Crippen LogP contribution >= 0.6 is 0 Å². The molecule has 1 aromatic carbocycles. The molecule has 1 aliphatic rings.